The zero-order valence-corrected chi connectivity index (χ0v) is 21.7. The van der Waals surface area contributed by atoms with Gasteiger partial charge in [-0.3, -0.25) is 9.59 Å². The summed E-state index contributed by atoms with van der Waals surface area (Å²) in [5, 5.41) is 6.31. The first-order valence-electron chi connectivity index (χ1n) is 12.3. The topological polar surface area (TPSA) is 70.7 Å². The SMILES string of the molecule is C=C(N/C(CCNC)=C(\C)C=O)C(/C=C\C)=C/C(=C)c1ccc(OCC(=O)N2CCCCC2)c(F)c1. The number of nitrogens with zero attached hydrogens (tertiary/aromatic N) is 1. The molecule has 194 valence electrons. The van der Waals surface area contributed by atoms with E-state index in [1.54, 1.807) is 24.0 Å². The maximum Gasteiger partial charge on any atom is 0.260 e. The van der Waals surface area contributed by atoms with E-state index in [9.17, 15) is 14.0 Å². The van der Waals surface area contributed by atoms with E-state index in [-0.39, 0.29) is 18.3 Å². The van der Waals surface area contributed by atoms with Crippen molar-refractivity contribution in [3.05, 3.63) is 83.5 Å². The van der Waals surface area contributed by atoms with Crippen molar-refractivity contribution in [2.75, 3.05) is 33.3 Å². The third kappa shape index (κ3) is 8.64. The summed E-state index contributed by atoms with van der Waals surface area (Å²) in [6, 6.07) is 4.57. The van der Waals surface area contributed by atoms with Crippen LogP contribution in [0.1, 0.15) is 45.1 Å². The molecule has 1 fully saturated rings. The fourth-order valence-corrected chi connectivity index (χ4v) is 3.81. The number of hydrogen-bond acceptors (Lipinski definition) is 5. The van der Waals surface area contributed by atoms with E-state index in [1.807, 2.05) is 26.1 Å². The van der Waals surface area contributed by atoms with Gasteiger partial charge in [-0.15, -0.1) is 0 Å². The molecule has 0 radical (unpaired) electrons. The zero-order chi connectivity index (χ0) is 26.5. The molecule has 36 heavy (non-hydrogen) atoms. The Labute approximate surface area is 214 Å². The average Bonchev–Trinajstić information content (AvgIpc) is 2.89. The molecule has 1 aromatic carbocycles. The highest BCUT2D eigenvalue weighted by atomic mass is 19.1. The summed E-state index contributed by atoms with van der Waals surface area (Å²) in [6.07, 6.45) is 10.1. The molecule has 0 aromatic heterocycles. The second kappa shape index (κ2) is 14.8. The van der Waals surface area contributed by atoms with Crippen LogP contribution in [0, 0.1) is 5.82 Å². The number of aldehydes is 1. The number of carbonyl (C=O) groups excluding carboxylic acids is 2. The molecular weight excluding hydrogens is 457 g/mol. The number of hydrogen-bond donors (Lipinski definition) is 2. The summed E-state index contributed by atoms with van der Waals surface area (Å²) in [6.45, 7) is 13.8. The highest BCUT2D eigenvalue weighted by Crippen LogP contribution is 2.25. The fraction of sp³-hybridized carbons (Fsp3) is 0.379. The van der Waals surface area contributed by atoms with Gasteiger partial charge in [0.15, 0.2) is 18.2 Å². The highest BCUT2D eigenvalue weighted by Gasteiger charge is 2.18. The predicted octanol–water partition coefficient (Wildman–Crippen LogP) is 4.92. The largest absolute Gasteiger partial charge is 0.481 e. The van der Waals surface area contributed by atoms with Crippen LogP contribution in [0.4, 0.5) is 4.39 Å². The van der Waals surface area contributed by atoms with Crippen molar-refractivity contribution in [2.45, 2.75) is 39.5 Å². The van der Waals surface area contributed by atoms with Gasteiger partial charge in [0.2, 0.25) is 0 Å². The van der Waals surface area contributed by atoms with Gasteiger partial charge in [-0.1, -0.05) is 31.4 Å². The van der Waals surface area contributed by atoms with Crippen LogP contribution in [0.25, 0.3) is 5.57 Å². The van der Waals surface area contributed by atoms with Crippen LogP contribution in [0.2, 0.25) is 0 Å². The lowest BCUT2D eigenvalue weighted by Gasteiger charge is -2.26. The van der Waals surface area contributed by atoms with E-state index < -0.39 is 5.82 Å². The summed E-state index contributed by atoms with van der Waals surface area (Å²) in [7, 11) is 1.85. The Bertz CT molecular complexity index is 1050. The first kappa shape index (κ1) is 28.8. The number of piperidine rings is 1. The van der Waals surface area contributed by atoms with Crippen LogP contribution in [0.5, 0.6) is 5.75 Å². The number of carbonyl (C=O) groups is 2. The Morgan fingerprint density at radius 2 is 1.94 bits per heavy atom. The molecule has 1 amide bonds. The molecule has 2 rings (SSSR count). The number of amides is 1. The van der Waals surface area contributed by atoms with Crippen molar-refractivity contribution in [2.24, 2.45) is 0 Å². The third-order valence-electron chi connectivity index (χ3n) is 5.97. The molecule has 0 spiro atoms. The molecular formula is C29H38FN3O3. The van der Waals surface area contributed by atoms with E-state index in [2.05, 4.69) is 23.8 Å². The number of nitrogens with one attached hydrogen (secondary N) is 2. The molecule has 6 nitrogen and oxygen atoms in total. The van der Waals surface area contributed by atoms with Gasteiger partial charge in [0, 0.05) is 43.0 Å². The number of allylic oxidation sites excluding steroid dienone is 5. The lowest BCUT2D eigenvalue weighted by Crippen LogP contribution is -2.38. The van der Waals surface area contributed by atoms with Crippen LogP contribution in [-0.4, -0.2) is 50.4 Å². The van der Waals surface area contributed by atoms with Gasteiger partial charge in [-0.2, -0.15) is 0 Å². The molecule has 2 N–H and O–H groups in total. The smallest absolute Gasteiger partial charge is 0.260 e. The van der Waals surface area contributed by atoms with Crippen LogP contribution in [0.3, 0.4) is 0 Å². The summed E-state index contributed by atoms with van der Waals surface area (Å²) in [5.74, 6) is -0.651. The molecule has 0 unspecified atom stereocenters. The van der Waals surface area contributed by atoms with E-state index in [0.29, 0.717) is 35.4 Å². The minimum absolute atomic E-state index is 0.0318. The van der Waals surface area contributed by atoms with Gasteiger partial charge in [0.05, 0.1) is 0 Å². The van der Waals surface area contributed by atoms with Crippen LogP contribution in [-0.2, 0) is 9.59 Å². The molecule has 0 atom stereocenters. The molecule has 1 aliphatic rings. The van der Waals surface area contributed by atoms with Gasteiger partial charge in [-0.05, 0) is 75.1 Å². The molecule has 1 aliphatic heterocycles. The molecule has 0 saturated carbocycles. The minimum atomic E-state index is -0.558. The van der Waals surface area contributed by atoms with E-state index >= 15 is 0 Å². The van der Waals surface area contributed by atoms with Crippen molar-refractivity contribution in [1.29, 1.82) is 0 Å². The number of likely N-dealkylation sites (tertiary alicyclic amines) is 1. The number of halogens is 1. The van der Waals surface area contributed by atoms with E-state index in [0.717, 1.165) is 49.9 Å². The van der Waals surface area contributed by atoms with Crippen molar-refractivity contribution in [3.8, 4) is 5.75 Å². The molecule has 1 heterocycles. The Hall–Kier alpha value is -3.45. The van der Waals surface area contributed by atoms with Gasteiger partial charge in [0.25, 0.3) is 5.91 Å². The first-order valence-corrected chi connectivity index (χ1v) is 12.3. The fourth-order valence-electron chi connectivity index (χ4n) is 3.81. The lowest BCUT2D eigenvalue weighted by molar-refractivity contribution is -0.134. The molecule has 0 aliphatic carbocycles. The van der Waals surface area contributed by atoms with E-state index in [1.165, 1.54) is 12.1 Å². The maximum atomic E-state index is 14.8. The number of rotatable bonds is 13. The average molecular weight is 496 g/mol. The lowest BCUT2D eigenvalue weighted by atomic mass is 10.0. The molecule has 1 saturated heterocycles. The maximum absolute atomic E-state index is 14.8. The number of ether oxygens (including phenoxy) is 1. The molecule has 7 heteroatoms. The van der Waals surface area contributed by atoms with E-state index in [4.69, 9.17) is 4.74 Å². The first-order chi connectivity index (χ1) is 17.3. The normalized spacial score (nSPS) is 14.9. The van der Waals surface area contributed by atoms with Crippen LogP contribution in [0.15, 0.2) is 72.1 Å². The Morgan fingerprint density at radius 3 is 2.56 bits per heavy atom. The summed E-state index contributed by atoms with van der Waals surface area (Å²) >= 11 is 0. The van der Waals surface area contributed by atoms with Crippen LogP contribution >= 0.6 is 0 Å². The van der Waals surface area contributed by atoms with Crippen molar-refractivity contribution in [3.63, 3.8) is 0 Å². The molecule has 0 bridgehead atoms. The van der Waals surface area contributed by atoms with Crippen molar-refractivity contribution < 1.29 is 18.7 Å². The predicted molar refractivity (Wildman–Crippen MR) is 144 cm³/mol. The van der Waals surface area contributed by atoms with Gasteiger partial charge in [0.1, 0.15) is 6.29 Å². The van der Waals surface area contributed by atoms with Crippen molar-refractivity contribution in [1.82, 2.24) is 15.5 Å². The highest BCUT2D eigenvalue weighted by molar-refractivity contribution is 5.78. The van der Waals surface area contributed by atoms with Crippen molar-refractivity contribution >= 4 is 17.8 Å². The second-order valence-electron chi connectivity index (χ2n) is 8.74. The third-order valence-corrected chi connectivity index (χ3v) is 5.97. The van der Waals surface area contributed by atoms with Crippen LogP contribution < -0.4 is 15.4 Å². The number of benzene rings is 1. The van der Waals surface area contributed by atoms with Gasteiger partial charge in [-0.25, -0.2) is 4.39 Å². The second-order valence-corrected chi connectivity index (χ2v) is 8.74. The summed E-state index contributed by atoms with van der Waals surface area (Å²) < 4.78 is 20.2. The minimum Gasteiger partial charge on any atom is -0.481 e. The summed E-state index contributed by atoms with van der Waals surface area (Å²) in [5.41, 5.74) is 3.87. The zero-order valence-electron chi connectivity index (χ0n) is 21.7. The standard InChI is InChI=1S/C29H38FN3O3/c1-6-10-25(23(4)32-27(13-14-31-5)22(3)19-34)17-21(2)24-11-12-28(26(30)18-24)36-20-29(35)33-15-8-7-9-16-33/h6,10-12,17-19,31-32H,2,4,7-9,13-16,20H2,1,3,5H3/b10-6-,25-17+,27-22+. The monoisotopic (exact) mass is 495 g/mol. The Morgan fingerprint density at radius 1 is 1.22 bits per heavy atom. The Balaban J connectivity index is 2.12. The summed E-state index contributed by atoms with van der Waals surface area (Å²) in [4.78, 5) is 25.4. The quantitative estimate of drug-likeness (QED) is 0.231. The Kier molecular flexibility index (Phi) is 11.9. The molecule has 1 aromatic rings. The van der Waals surface area contributed by atoms with Gasteiger partial charge >= 0.3 is 0 Å². The van der Waals surface area contributed by atoms with Gasteiger partial charge < -0.3 is 20.3 Å².